The Labute approximate surface area is 179 Å². The van der Waals surface area contributed by atoms with Crippen molar-refractivity contribution in [3.8, 4) is 11.4 Å². The average Bonchev–Trinajstić information content (AvgIpc) is 3.11. The second kappa shape index (κ2) is 9.31. The summed E-state index contributed by atoms with van der Waals surface area (Å²) in [7, 11) is 0. The van der Waals surface area contributed by atoms with E-state index in [0.29, 0.717) is 17.5 Å². The smallest absolute Gasteiger partial charge is 0.324 e. The van der Waals surface area contributed by atoms with E-state index in [2.05, 4.69) is 27.1 Å². The number of amides is 1. The van der Waals surface area contributed by atoms with Crippen molar-refractivity contribution in [3.05, 3.63) is 66.0 Å². The molecule has 1 amide bonds. The van der Waals surface area contributed by atoms with Gasteiger partial charge in [0, 0.05) is 24.5 Å². The normalized spacial score (nSPS) is 11.3. The lowest BCUT2D eigenvalue weighted by atomic mass is 10.1. The maximum Gasteiger partial charge on any atom is 0.418 e. The molecule has 0 aliphatic rings. The predicted octanol–water partition coefficient (Wildman–Crippen LogP) is 4.93. The highest BCUT2D eigenvalue weighted by Crippen LogP contribution is 2.38. The highest BCUT2D eigenvalue weighted by atomic mass is 35.5. The van der Waals surface area contributed by atoms with Crippen LogP contribution < -0.4 is 5.32 Å². The van der Waals surface area contributed by atoms with Gasteiger partial charge in [-0.1, -0.05) is 35.5 Å². The van der Waals surface area contributed by atoms with E-state index in [1.54, 1.807) is 35.2 Å². The van der Waals surface area contributed by atoms with Crippen molar-refractivity contribution in [2.45, 2.75) is 17.9 Å². The van der Waals surface area contributed by atoms with Crippen LogP contribution in [0.1, 0.15) is 5.56 Å². The van der Waals surface area contributed by atoms with Gasteiger partial charge in [-0.3, -0.25) is 14.3 Å². The monoisotopic (exact) mass is 453 g/mol. The molecule has 0 spiro atoms. The molecule has 3 rings (SSSR count). The van der Waals surface area contributed by atoms with Gasteiger partial charge in [-0.25, -0.2) is 0 Å². The fraction of sp³-hybridized carbons (Fsp3) is 0.158. The number of thioether (sulfide) groups is 1. The summed E-state index contributed by atoms with van der Waals surface area (Å²) in [5.41, 5.74) is -0.702. The molecule has 0 bridgehead atoms. The largest absolute Gasteiger partial charge is 0.418 e. The maximum absolute atomic E-state index is 13.2. The van der Waals surface area contributed by atoms with E-state index in [9.17, 15) is 18.0 Å². The molecule has 0 fully saturated rings. The average molecular weight is 454 g/mol. The first kappa shape index (κ1) is 21.8. The lowest BCUT2D eigenvalue weighted by Crippen LogP contribution is -2.19. The Morgan fingerprint density at radius 3 is 2.63 bits per heavy atom. The molecule has 0 saturated heterocycles. The molecule has 30 heavy (non-hydrogen) atoms. The van der Waals surface area contributed by atoms with Crippen molar-refractivity contribution in [1.82, 2.24) is 19.7 Å². The zero-order chi connectivity index (χ0) is 21.7. The lowest BCUT2D eigenvalue weighted by molar-refractivity contribution is -0.137. The first-order valence-electron chi connectivity index (χ1n) is 8.54. The molecule has 1 aromatic carbocycles. The highest BCUT2D eigenvalue weighted by Gasteiger charge is 2.34. The number of hydrogen-bond donors (Lipinski definition) is 1. The minimum atomic E-state index is -4.65. The Morgan fingerprint density at radius 2 is 1.97 bits per heavy atom. The van der Waals surface area contributed by atoms with Crippen LogP contribution in [0.15, 0.2) is 60.5 Å². The van der Waals surface area contributed by atoms with E-state index in [1.165, 1.54) is 12.1 Å². The molecule has 0 aliphatic heterocycles. The molecule has 0 unspecified atom stereocenters. The summed E-state index contributed by atoms with van der Waals surface area (Å²) >= 11 is 6.91. The number of aromatic nitrogens is 4. The van der Waals surface area contributed by atoms with E-state index >= 15 is 0 Å². The summed E-state index contributed by atoms with van der Waals surface area (Å²) in [6.07, 6.45) is 0.233. The standard InChI is InChI=1S/C19H15ClF3N5OS/c1-2-10-28-17(12-6-8-24-9-7-12)26-27-18(28)30-11-15(29)25-16-13(19(21,22)23)4-3-5-14(16)20/h2-9H,1,10-11H2,(H,25,29). The van der Waals surface area contributed by atoms with Crippen LogP contribution in [0.25, 0.3) is 11.4 Å². The van der Waals surface area contributed by atoms with Crippen molar-refractivity contribution in [2.75, 3.05) is 11.1 Å². The number of carbonyl (C=O) groups excluding carboxylic acids is 1. The van der Waals surface area contributed by atoms with Gasteiger partial charge < -0.3 is 5.32 Å². The first-order chi connectivity index (χ1) is 14.3. The molecule has 2 heterocycles. The zero-order valence-corrected chi connectivity index (χ0v) is 16.9. The third-order valence-corrected chi connectivity index (χ3v) is 5.16. The Balaban J connectivity index is 1.76. The van der Waals surface area contributed by atoms with E-state index in [-0.39, 0.29) is 10.8 Å². The zero-order valence-electron chi connectivity index (χ0n) is 15.4. The summed E-state index contributed by atoms with van der Waals surface area (Å²) in [6.45, 7) is 4.09. The van der Waals surface area contributed by atoms with Crippen molar-refractivity contribution >= 4 is 35.0 Å². The second-order valence-electron chi connectivity index (χ2n) is 5.94. The van der Waals surface area contributed by atoms with Gasteiger partial charge >= 0.3 is 6.18 Å². The third-order valence-electron chi connectivity index (χ3n) is 3.88. The summed E-state index contributed by atoms with van der Waals surface area (Å²) < 4.78 is 41.3. The molecular formula is C19H15ClF3N5OS. The Hall–Kier alpha value is -2.85. The van der Waals surface area contributed by atoms with Gasteiger partial charge in [-0.05, 0) is 24.3 Å². The number of nitrogens with one attached hydrogen (secondary N) is 1. The number of rotatable bonds is 7. The Morgan fingerprint density at radius 1 is 1.23 bits per heavy atom. The molecule has 11 heteroatoms. The van der Waals surface area contributed by atoms with E-state index in [1.807, 2.05) is 0 Å². The van der Waals surface area contributed by atoms with Crippen molar-refractivity contribution in [3.63, 3.8) is 0 Å². The minimum Gasteiger partial charge on any atom is -0.324 e. The number of carbonyl (C=O) groups is 1. The molecule has 0 radical (unpaired) electrons. The lowest BCUT2D eigenvalue weighted by Gasteiger charge is -2.15. The number of benzene rings is 1. The van der Waals surface area contributed by atoms with Crippen LogP contribution in [0.4, 0.5) is 18.9 Å². The number of hydrogen-bond acceptors (Lipinski definition) is 5. The molecule has 0 saturated carbocycles. The first-order valence-corrected chi connectivity index (χ1v) is 9.90. The molecule has 1 N–H and O–H groups in total. The minimum absolute atomic E-state index is 0.186. The van der Waals surface area contributed by atoms with E-state index < -0.39 is 23.3 Å². The third kappa shape index (κ3) is 5.00. The summed E-state index contributed by atoms with van der Waals surface area (Å²) in [5.74, 6) is -0.281. The van der Waals surface area contributed by atoms with Crippen molar-refractivity contribution in [2.24, 2.45) is 0 Å². The number of nitrogens with zero attached hydrogens (tertiary/aromatic N) is 4. The number of allylic oxidation sites excluding steroid dienone is 1. The SMILES string of the molecule is C=CCn1c(SCC(=O)Nc2c(Cl)cccc2C(F)(F)F)nnc1-c1ccncc1. The molecule has 3 aromatic rings. The van der Waals surface area contributed by atoms with Crippen LogP contribution in [0, 0.1) is 0 Å². The van der Waals surface area contributed by atoms with Crippen LogP contribution in [0.5, 0.6) is 0 Å². The van der Waals surface area contributed by atoms with E-state index in [0.717, 1.165) is 23.4 Å². The van der Waals surface area contributed by atoms with Crippen LogP contribution >= 0.6 is 23.4 Å². The molecule has 0 atom stereocenters. The van der Waals surface area contributed by atoms with Gasteiger partial charge in [0.05, 0.1) is 22.0 Å². The number of anilines is 1. The van der Waals surface area contributed by atoms with E-state index in [4.69, 9.17) is 11.6 Å². The van der Waals surface area contributed by atoms with Gasteiger partial charge in [0.2, 0.25) is 5.91 Å². The number of pyridine rings is 1. The van der Waals surface area contributed by atoms with Gasteiger partial charge in [0.1, 0.15) is 0 Å². The van der Waals surface area contributed by atoms with Gasteiger partial charge in [-0.15, -0.1) is 16.8 Å². The van der Waals surface area contributed by atoms with Gasteiger partial charge in [0.15, 0.2) is 11.0 Å². The number of alkyl halides is 3. The van der Waals surface area contributed by atoms with Gasteiger partial charge in [-0.2, -0.15) is 13.2 Å². The molecule has 0 aliphatic carbocycles. The van der Waals surface area contributed by atoms with Crippen LogP contribution in [-0.4, -0.2) is 31.4 Å². The fourth-order valence-corrected chi connectivity index (χ4v) is 3.57. The number of para-hydroxylation sites is 1. The summed E-state index contributed by atoms with van der Waals surface area (Å²) in [5, 5.41) is 10.7. The van der Waals surface area contributed by atoms with Crippen LogP contribution in [-0.2, 0) is 17.5 Å². The van der Waals surface area contributed by atoms with Gasteiger partial charge in [0.25, 0.3) is 0 Å². The van der Waals surface area contributed by atoms with Crippen LogP contribution in [0.3, 0.4) is 0 Å². The second-order valence-corrected chi connectivity index (χ2v) is 7.29. The van der Waals surface area contributed by atoms with Crippen molar-refractivity contribution in [1.29, 1.82) is 0 Å². The maximum atomic E-state index is 13.2. The number of halogens is 4. The molecule has 156 valence electrons. The molecule has 6 nitrogen and oxygen atoms in total. The predicted molar refractivity (Wildman–Crippen MR) is 109 cm³/mol. The van der Waals surface area contributed by atoms with Crippen LogP contribution in [0.2, 0.25) is 5.02 Å². The summed E-state index contributed by atoms with van der Waals surface area (Å²) in [4.78, 5) is 16.3. The quantitative estimate of drug-likeness (QED) is 0.405. The highest BCUT2D eigenvalue weighted by molar-refractivity contribution is 7.99. The Bertz CT molecular complexity index is 1060. The fourth-order valence-electron chi connectivity index (χ4n) is 2.60. The summed E-state index contributed by atoms with van der Waals surface area (Å²) in [6, 6.07) is 6.84. The van der Waals surface area contributed by atoms with Crippen molar-refractivity contribution < 1.29 is 18.0 Å². The topological polar surface area (TPSA) is 72.7 Å². The molecule has 2 aromatic heterocycles. The molecular weight excluding hydrogens is 439 g/mol. The Kier molecular flexibility index (Phi) is 6.78.